The zero-order valence-electron chi connectivity index (χ0n) is 9.68. The average Bonchev–Trinajstić information content (AvgIpc) is 2.71. The number of carbonyl (C=O) groups excluding carboxylic acids is 2. The number of aromatic nitrogens is 2. The van der Waals surface area contributed by atoms with Gasteiger partial charge in [-0.25, -0.2) is 4.68 Å². The van der Waals surface area contributed by atoms with E-state index < -0.39 is 0 Å². The van der Waals surface area contributed by atoms with Crippen LogP contribution in [-0.2, 0) is 0 Å². The van der Waals surface area contributed by atoms with E-state index in [1.807, 2.05) is 6.07 Å². The maximum atomic E-state index is 12.0. The van der Waals surface area contributed by atoms with Crippen LogP contribution >= 0.6 is 0 Å². The molecule has 0 aliphatic carbocycles. The number of carbonyl (C=O) groups is 2. The van der Waals surface area contributed by atoms with E-state index in [4.69, 9.17) is 0 Å². The van der Waals surface area contributed by atoms with Crippen LogP contribution < -0.4 is 0 Å². The fourth-order valence-corrected chi connectivity index (χ4v) is 1.62. The number of benzene rings is 1. The van der Waals surface area contributed by atoms with E-state index in [2.05, 4.69) is 5.10 Å². The summed E-state index contributed by atoms with van der Waals surface area (Å²) >= 11 is 0. The number of hydrogen-bond donors (Lipinski definition) is 0. The van der Waals surface area contributed by atoms with Gasteiger partial charge in [-0.05, 0) is 26.0 Å². The van der Waals surface area contributed by atoms with Gasteiger partial charge in [-0.2, -0.15) is 5.10 Å². The van der Waals surface area contributed by atoms with Crippen molar-refractivity contribution < 1.29 is 9.59 Å². The molecule has 0 spiro atoms. The molecular weight excluding hydrogens is 216 g/mol. The molecule has 0 radical (unpaired) electrons. The van der Waals surface area contributed by atoms with Gasteiger partial charge in [-0.15, -0.1) is 0 Å². The van der Waals surface area contributed by atoms with Gasteiger partial charge in [0.2, 0.25) is 0 Å². The lowest BCUT2D eigenvalue weighted by molar-refractivity contribution is 0.0944. The number of aryl methyl sites for hydroxylation is 1. The summed E-state index contributed by atoms with van der Waals surface area (Å²) in [5.74, 6) is -0.323. The van der Waals surface area contributed by atoms with Crippen LogP contribution in [0.25, 0.3) is 0 Å². The van der Waals surface area contributed by atoms with Crippen LogP contribution in [0.2, 0.25) is 0 Å². The van der Waals surface area contributed by atoms with E-state index in [1.165, 1.54) is 17.8 Å². The summed E-state index contributed by atoms with van der Waals surface area (Å²) in [5.41, 5.74) is 1.60. The molecule has 0 bridgehead atoms. The highest BCUT2D eigenvalue weighted by atomic mass is 16.2. The lowest BCUT2D eigenvalue weighted by Gasteiger charge is -1.99. The topological polar surface area (TPSA) is 52.0 Å². The molecule has 4 nitrogen and oxygen atoms in total. The maximum Gasteiger partial charge on any atom is 0.278 e. The first-order valence-corrected chi connectivity index (χ1v) is 5.26. The first-order chi connectivity index (χ1) is 8.09. The number of ketones is 1. The minimum absolute atomic E-state index is 0.0883. The molecule has 0 fully saturated rings. The van der Waals surface area contributed by atoms with Crippen molar-refractivity contribution in [3.05, 3.63) is 53.3 Å². The molecule has 0 saturated heterocycles. The minimum Gasteiger partial charge on any atom is -0.294 e. The van der Waals surface area contributed by atoms with Crippen molar-refractivity contribution in [3.63, 3.8) is 0 Å². The van der Waals surface area contributed by atoms with Crippen molar-refractivity contribution in [2.75, 3.05) is 0 Å². The standard InChI is InChI=1S/C13H12N2O2/c1-9-12(10(2)16)8-15(14-9)13(17)11-6-4-3-5-7-11/h3-8H,1-2H3. The summed E-state index contributed by atoms with van der Waals surface area (Å²) < 4.78 is 1.21. The van der Waals surface area contributed by atoms with E-state index >= 15 is 0 Å². The molecule has 0 atom stereocenters. The lowest BCUT2D eigenvalue weighted by Crippen LogP contribution is -2.12. The Labute approximate surface area is 98.9 Å². The first kappa shape index (κ1) is 11.3. The van der Waals surface area contributed by atoms with Crippen LogP contribution in [0.15, 0.2) is 36.5 Å². The van der Waals surface area contributed by atoms with Crippen molar-refractivity contribution in [1.82, 2.24) is 9.78 Å². The molecule has 86 valence electrons. The summed E-state index contributed by atoms with van der Waals surface area (Å²) in [4.78, 5) is 23.3. The Kier molecular flexibility index (Phi) is 2.87. The van der Waals surface area contributed by atoms with E-state index in [0.29, 0.717) is 16.8 Å². The monoisotopic (exact) mass is 228 g/mol. The number of nitrogens with zero attached hydrogens (tertiary/aromatic N) is 2. The third-order valence-electron chi connectivity index (χ3n) is 2.51. The van der Waals surface area contributed by atoms with Crippen LogP contribution in [0.4, 0.5) is 0 Å². The number of rotatable bonds is 2. The Morgan fingerprint density at radius 1 is 1.18 bits per heavy atom. The third-order valence-corrected chi connectivity index (χ3v) is 2.51. The highest BCUT2D eigenvalue weighted by Crippen LogP contribution is 2.09. The number of Topliss-reactive ketones (excluding diaryl/α,β-unsaturated/α-hetero) is 1. The summed E-state index contributed by atoms with van der Waals surface area (Å²) in [5, 5.41) is 4.05. The Morgan fingerprint density at radius 2 is 1.82 bits per heavy atom. The van der Waals surface area contributed by atoms with Crippen LogP contribution in [0.1, 0.15) is 33.3 Å². The van der Waals surface area contributed by atoms with Crippen molar-refractivity contribution in [1.29, 1.82) is 0 Å². The Morgan fingerprint density at radius 3 is 2.35 bits per heavy atom. The molecule has 0 amide bonds. The fourth-order valence-electron chi connectivity index (χ4n) is 1.62. The Hall–Kier alpha value is -2.23. The zero-order valence-corrected chi connectivity index (χ0v) is 9.68. The summed E-state index contributed by atoms with van der Waals surface area (Å²) in [6.45, 7) is 3.17. The van der Waals surface area contributed by atoms with Gasteiger partial charge in [0.15, 0.2) is 5.78 Å². The third kappa shape index (κ3) is 2.15. The van der Waals surface area contributed by atoms with Crippen LogP contribution in [0.5, 0.6) is 0 Å². The second-order valence-corrected chi connectivity index (χ2v) is 3.80. The van der Waals surface area contributed by atoms with Crippen molar-refractivity contribution >= 4 is 11.7 Å². The molecule has 0 unspecified atom stereocenters. The van der Waals surface area contributed by atoms with E-state index in [1.54, 1.807) is 31.2 Å². The van der Waals surface area contributed by atoms with Gasteiger partial charge in [0.1, 0.15) is 0 Å². The number of hydrogen-bond acceptors (Lipinski definition) is 3. The molecule has 4 heteroatoms. The fraction of sp³-hybridized carbons (Fsp3) is 0.154. The van der Waals surface area contributed by atoms with Gasteiger partial charge in [-0.3, -0.25) is 9.59 Å². The quantitative estimate of drug-likeness (QED) is 0.739. The smallest absolute Gasteiger partial charge is 0.278 e. The highest BCUT2D eigenvalue weighted by molar-refractivity contribution is 5.98. The molecule has 0 saturated carbocycles. The molecule has 1 heterocycles. The SMILES string of the molecule is CC(=O)c1cn(C(=O)c2ccccc2)nc1C. The zero-order chi connectivity index (χ0) is 12.4. The van der Waals surface area contributed by atoms with Gasteiger partial charge in [0.05, 0.1) is 11.3 Å². The summed E-state index contributed by atoms with van der Waals surface area (Å²) in [6, 6.07) is 8.84. The molecule has 2 rings (SSSR count). The van der Waals surface area contributed by atoms with Gasteiger partial charge in [0, 0.05) is 11.8 Å². The minimum atomic E-state index is -0.235. The molecule has 0 N–H and O–H groups in total. The molecular formula is C13H12N2O2. The molecule has 2 aromatic rings. The van der Waals surface area contributed by atoms with E-state index in [9.17, 15) is 9.59 Å². The first-order valence-electron chi connectivity index (χ1n) is 5.26. The molecule has 0 aliphatic heterocycles. The average molecular weight is 228 g/mol. The molecule has 1 aromatic heterocycles. The van der Waals surface area contributed by atoms with Crippen molar-refractivity contribution in [2.45, 2.75) is 13.8 Å². The lowest BCUT2D eigenvalue weighted by atomic mass is 10.2. The second-order valence-electron chi connectivity index (χ2n) is 3.80. The Bertz CT molecular complexity index is 570. The molecule has 0 aliphatic rings. The second kappa shape index (κ2) is 4.33. The summed E-state index contributed by atoms with van der Waals surface area (Å²) in [7, 11) is 0. The van der Waals surface area contributed by atoms with E-state index in [-0.39, 0.29) is 11.7 Å². The van der Waals surface area contributed by atoms with Gasteiger partial charge < -0.3 is 0 Å². The Balaban J connectivity index is 2.39. The highest BCUT2D eigenvalue weighted by Gasteiger charge is 2.14. The van der Waals surface area contributed by atoms with Gasteiger partial charge >= 0.3 is 0 Å². The normalized spacial score (nSPS) is 10.2. The maximum absolute atomic E-state index is 12.0. The largest absolute Gasteiger partial charge is 0.294 e. The van der Waals surface area contributed by atoms with E-state index in [0.717, 1.165) is 0 Å². The van der Waals surface area contributed by atoms with Crippen LogP contribution in [-0.4, -0.2) is 21.5 Å². The van der Waals surface area contributed by atoms with Crippen LogP contribution in [0.3, 0.4) is 0 Å². The molecule has 17 heavy (non-hydrogen) atoms. The van der Waals surface area contributed by atoms with Gasteiger partial charge in [0.25, 0.3) is 5.91 Å². The van der Waals surface area contributed by atoms with Gasteiger partial charge in [-0.1, -0.05) is 18.2 Å². The van der Waals surface area contributed by atoms with Crippen molar-refractivity contribution in [3.8, 4) is 0 Å². The predicted molar refractivity (Wildman–Crippen MR) is 63.1 cm³/mol. The van der Waals surface area contributed by atoms with Crippen molar-refractivity contribution in [2.24, 2.45) is 0 Å². The summed E-state index contributed by atoms with van der Waals surface area (Å²) in [6.07, 6.45) is 1.48. The predicted octanol–water partition coefficient (Wildman–Crippen LogP) is 2.08. The molecule has 1 aromatic carbocycles. The van der Waals surface area contributed by atoms with Crippen LogP contribution in [0, 0.1) is 6.92 Å².